The van der Waals surface area contributed by atoms with E-state index >= 15 is 0 Å². The Kier molecular flexibility index (Phi) is 7.71. The van der Waals surface area contributed by atoms with Gasteiger partial charge in [0.2, 0.25) is 11.8 Å². The number of hydrogen-bond acceptors (Lipinski definition) is 4. The predicted octanol–water partition coefficient (Wildman–Crippen LogP) is 2.05. The lowest BCUT2D eigenvalue weighted by Crippen LogP contribution is -2.46. The normalized spacial score (nSPS) is 15.0. The first-order valence-corrected chi connectivity index (χ1v) is 8.80. The standard InChI is InChI=1S/C18H28N4O2/c1-2-3-4-5-17(23)20-15-6-8-16(9-7-15)21-18(24)14-22-12-10-19-11-13-22/h6-9,19H,2-5,10-14H2,1H3,(H,20,23)(H,21,24). The van der Waals surface area contributed by atoms with E-state index in [4.69, 9.17) is 0 Å². The van der Waals surface area contributed by atoms with Gasteiger partial charge in [-0.2, -0.15) is 0 Å². The SMILES string of the molecule is CCCCCC(=O)Nc1ccc(NC(=O)CN2CCNCC2)cc1. The van der Waals surface area contributed by atoms with Crippen molar-refractivity contribution in [2.45, 2.75) is 32.6 Å². The first-order valence-electron chi connectivity index (χ1n) is 8.80. The van der Waals surface area contributed by atoms with E-state index in [-0.39, 0.29) is 11.8 Å². The molecule has 0 aliphatic carbocycles. The fourth-order valence-electron chi connectivity index (χ4n) is 2.67. The molecule has 132 valence electrons. The number of unbranched alkanes of at least 4 members (excludes halogenated alkanes) is 2. The quantitative estimate of drug-likeness (QED) is 0.637. The van der Waals surface area contributed by atoms with Crippen LogP contribution in [0.4, 0.5) is 11.4 Å². The van der Waals surface area contributed by atoms with Crippen LogP contribution in [0.2, 0.25) is 0 Å². The molecule has 1 aliphatic rings. The van der Waals surface area contributed by atoms with Crippen LogP contribution >= 0.6 is 0 Å². The highest BCUT2D eigenvalue weighted by Crippen LogP contribution is 2.14. The van der Waals surface area contributed by atoms with Crippen LogP contribution in [0.5, 0.6) is 0 Å². The van der Waals surface area contributed by atoms with Gasteiger partial charge in [0, 0.05) is 44.0 Å². The summed E-state index contributed by atoms with van der Waals surface area (Å²) in [4.78, 5) is 26.0. The van der Waals surface area contributed by atoms with E-state index in [0.717, 1.165) is 56.8 Å². The predicted molar refractivity (Wildman–Crippen MR) is 97.2 cm³/mol. The third-order valence-corrected chi connectivity index (χ3v) is 4.04. The monoisotopic (exact) mass is 332 g/mol. The van der Waals surface area contributed by atoms with Crippen LogP contribution in [0, 0.1) is 0 Å². The van der Waals surface area contributed by atoms with Gasteiger partial charge in [-0.1, -0.05) is 19.8 Å². The number of rotatable bonds is 8. The van der Waals surface area contributed by atoms with Crippen LogP contribution in [0.15, 0.2) is 24.3 Å². The Hall–Kier alpha value is -1.92. The molecule has 2 rings (SSSR count). The van der Waals surface area contributed by atoms with E-state index in [2.05, 4.69) is 27.8 Å². The Balaban J connectivity index is 1.74. The van der Waals surface area contributed by atoms with E-state index in [1.54, 1.807) is 0 Å². The van der Waals surface area contributed by atoms with Gasteiger partial charge in [0.05, 0.1) is 6.54 Å². The minimum atomic E-state index is -0.00625. The maximum atomic E-state index is 12.0. The lowest BCUT2D eigenvalue weighted by atomic mass is 10.2. The fourth-order valence-corrected chi connectivity index (χ4v) is 2.67. The minimum absolute atomic E-state index is 0.00625. The fraction of sp³-hybridized carbons (Fsp3) is 0.556. The van der Waals surface area contributed by atoms with Crippen molar-refractivity contribution in [2.24, 2.45) is 0 Å². The molecule has 6 nitrogen and oxygen atoms in total. The molecule has 1 saturated heterocycles. The Labute approximate surface area is 144 Å². The number of anilines is 2. The summed E-state index contributed by atoms with van der Waals surface area (Å²) >= 11 is 0. The number of carbonyl (C=O) groups excluding carboxylic acids is 2. The van der Waals surface area contributed by atoms with Gasteiger partial charge in [0.15, 0.2) is 0 Å². The maximum Gasteiger partial charge on any atom is 0.238 e. The topological polar surface area (TPSA) is 73.5 Å². The molecule has 1 heterocycles. The van der Waals surface area contributed by atoms with Crippen molar-refractivity contribution in [1.29, 1.82) is 0 Å². The van der Waals surface area contributed by atoms with Crippen molar-refractivity contribution in [3.63, 3.8) is 0 Å². The van der Waals surface area contributed by atoms with E-state index in [9.17, 15) is 9.59 Å². The van der Waals surface area contributed by atoms with Gasteiger partial charge < -0.3 is 16.0 Å². The lowest BCUT2D eigenvalue weighted by Gasteiger charge is -2.26. The first-order chi connectivity index (χ1) is 11.7. The van der Waals surface area contributed by atoms with Crippen LogP contribution in [0.1, 0.15) is 32.6 Å². The minimum Gasteiger partial charge on any atom is -0.326 e. The second-order valence-electron chi connectivity index (χ2n) is 6.16. The van der Waals surface area contributed by atoms with Crippen LogP contribution in [0.3, 0.4) is 0 Å². The molecule has 0 saturated carbocycles. The van der Waals surface area contributed by atoms with Crippen molar-refractivity contribution < 1.29 is 9.59 Å². The largest absolute Gasteiger partial charge is 0.326 e. The van der Waals surface area contributed by atoms with E-state index in [1.807, 2.05) is 24.3 Å². The van der Waals surface area contributed by atoms with E-state index in [0.29, 0.717) is 13.0 Å². The van der Waals surface area contributed by atoms with Crippen molar-refractivity contribution in [3.05, 3.63) is 24.3 Å². The Morgan fingerprint density at radius 1 is 1.00 bits per heavy atom. The number of amides is 2. The van der Waals surface area contributed by atoms with Crippen molar-refractivity contribution >= 4 is 23.2 Å². The van der Waals surface area contributed by atoms with Crippen molar-refractivity contribution in [3.8, 4) is 0 Å². The van der Waals surface area contributed by atoms with Crippen LogP contribution in [-0.2, 0) is 9.59 Å². The molecule has 1 aromatic rings. The first kappa shape index (κ1) is 18.4. The molecule has 0 spiro atoms. The van der Waals surface area contributed by atoms with Gasteiger partial charge in [0.1, 0.15) is 0 Å². The summed E-state index contributed by atoms with van der Waals surface area (Å²) in [5.74, 6) is 0.0344. The smallest absolute Gasteiger partial charge is 0.238 e. The highest BCUT2D eigenvalue weighted by Gasteiger charge is 2.13. The number of piperazine rings is 1. The molecule has 0 aromatic heterocycles. The number of hydrogen-bond donors (Lipinski definition) is 3. The zero-order valence-electron chi connectivity index (χ0n) is 14.4. The van der Waals surface area contributed by atoms with Gasteiger partial charge in [-0.25, -0.2) is 0 Å². The molecule has 0 radical (unpaired) electrons. The molecule has 0 atom stereocenters. The number of nitrogens with zero attached hydrogens (tertiary/aromatic N) is 1. The molecule has 6 heteroatoms. The highest BCUT2D eigenvalue weighted by atomic mass is 16.2. The average Bonchev–Trinajstić information content (AvgIpc) is 2.58. The molecule has 1 fully saturated rings. The van der Waals surface area contributed by atoms with Gasteiger partial charge in [0.25, 0.3) is 0 Å². The molecule has 0 bridgehead atoms. The molecule has 1 aliphatic heterocycles. The van der Waals surface area contributed by atoms with Crippen LogP contribution in [0.25, 0.3) is 0 Å². The molecule has 2 amide bonds. The van der Waals surface area contributed by atoms with Crippen LogP contribution < -0.4 is 16.0 Å². The number of nitrogens with one attached hydrogen (secondary N) is 3. The summed E-state index contributed by atoms with van der Waals surface area (Å²) in [6.45, 7) is 6.19. The third kappa shape index (κ3) is 6.68. The molecule has 1 aromatic carbocycles. The highest BCUT2D eigenvalue weighted by molar-refractivity contribution is 5.93. The average molecular weight is 332 g/mol. The zero-order valence-corrected chi connectivity index (χ0v) is 14.4. The van der Waals surface area contributed by atoms with Gasteiger partial charge in [-0.15, -0.1) is 0 Å². The summed E-state index contributed by atoms with van der Waals surface area (Å²) in [5, 5.41) is 9.05. The Morgan fingerprint density at radius 3 is 2.17 bits per heavy atom. The second kappa shape index (κ2) is 10.1. The van der Waals surface area contributed by atoms with Crippen molar-refractivity contribution in [2.75, 3.05) is 43.4 Å². The molecule has 24 heavy (non-hydrogen) atoms. The third-order valence-electron chi connectivity index (χ3n) is 4.04. The second-order valence-corrected chi connectivity index (χ2v) is 6.16. The molecular weight excluding hydrogens is 304 g/mol. The number of benzene rings is 1. The molecule has 3 N–H and O–H groups in total. The van der Waals surface area contributed by atoms with E-state index < -0.39 is 0 Å². The summed E-state index contributed by atoms with van der Waals surface area (Å²) < 4.78 is 0. The molecular formula is C18H28N4O2. The Morgan fingerprint density at radius 2 is 1.58 bits per heavy atom. The Bertz CT molecular complexity index is 524. The van der Waals surface area contributed by atoms with Crippen molar-refractivity contribution in [1.82, 2.24) is 10.2 Å². The summed E-state index contributed by atoms with van der Waals surface area (Å²) in [5.41, 5.74) is 1.51. The van der Waals surface area contributed by atoms with Gasteiger partial charge in [-0.3, -0.25) is 14.5 Å². The van der Waals surface area contributed by atoms with Gasteiger partial charge in [-0.05, 0) is 30.7 Å². The maximum absolute atomic E-state index is 12.0. The lowest BCUT2D eigenvalue weighted by molar-refractivity contribution is -0.117. The van der Waals surface area contributed by atoms with E-state index in [1.165, 1.54) is 0 Å². The summed E-state index contributed by atoms with van der Waals surface area (Å²) in [6, 6.07) is 7.27. The summed E-state index contributed by atoms with van der Waals surface area (Å²) in [6.07, 6.45) is 3.65. The van der Waals surface area contributed by atoms with Gasteiger partial charge >= 0.3 is 0 Å². The molecule has 0 unspecified atom stereocenters. The summed E-state index contributed by atoms with van der Waals surface area (Å²) in [7, 11) is 0. The van der Waals surface area contributed by atoms with Crippen LogP contribution in [-0.4, -0.2) is 49.4 Å². The zero-order chi connectivity index (χ0) is 17.2. The number of carbonyl (C=O) groups is 2.